The molecule has 0 aliphatic carbocycles. The van der Waals surface area contributed by atoms with Crippen molar-refractivity contribution in [1.82, 2.24) is 14.3 Å². The fourth-order valence-electron chi connectivity index (χ4n) is 3.22. The summed E-state index contributed by atoms with van der Waals surface area (Å²) >= 11 is 0. The Morgan fingerprint density at radius 3 is 2.95 bits per heavy atom. The van der Waals surface area contributed by atoms with Gasteiger partial charge in [-0.15, -0.1) is 0 Å². The molecule has 1 aromatic carbocycles. The summed E-state index contributed by atoms with van der Waals surface area (Å²) in [6.07, 6.45) is 4.31. The first kappa shape index (κ1) is 12.6. The Bertz CT molecular complexity index is 825. The summed E-state index contributed by atoms with van der Waals surface area (Å²) in [7, 11) is 1.90. The Hall–Kier alpha value is -2.14. The predicted octanol–water partition coefficient (Wildman–Crippen LogP) is 2.74. The van der Waals surface area contributed by atoms with E-state index < -0.39 is 0 Å². The molecule has 108 valence electrons. The van der Waals surface area contributed by atoms with E-state index >= 15 is 0 Å². The lowest BCUT2D eigenvalue weighted by molar-refractivity contribution is 0.0128. The highest BCUT2D eigenvalue weighted by atomic mass is 16.5. The molecule has 1 fully saturated rings. The molecule has 0 amide bonds. The third-order valence-corrected chi connectivity index (χ3v) is 4.24. The Morgan fingerprint density at radius 1 is 1.29 bits per heavy atom. The molecule has 5 heteroatoms. The van der Waals surface area contributed by atoms with E-state index in [-0.39, 0.29) is 12.0 Å². The topological polar surface area (TPSA) is 49.0 Å². The van der Waals surface area contributed by atoms with Crippen molar-refractivity contribution in [3.05, 3.63) is 30.5 Å². The number of nitrogens with zero attached hydrogens (tertiary/aromatic N) is 3. The van der Waals surface area contributed by atoms with Gasteiger partial charge in [0.1, 0.15) is 6.10 Å². The lowest BCUT2D eigenvalue weighted by atomic mass is 10.1. The van der Waals surface area contributed by atoms with Crippen molar-refractivity contribution in [1.29, 1.82) is 0 Å². The number of para-hydroxylation sites is 1. The molecule has 0 bridgehead atoms. The van der Waals surface area contributed by atoms with Gasteiger partial charge in [-0.2, -0.15) is 5.10 Å². The van der Waals surface area contributed by atoms with Crippen LogP contribution in [0.5, 0.6) is 0 Å². The minimum absolute atomic E-state index is 0.0221. The van der Waals surface area contributed by atoms with Crippen molar-refractivity contribution in [2.75, 3.05) is 6.61 Å². The number of carbonyl (C=O) groups excluding carboxylic acids is 1. The van der Waals surface area contributed by atoms with Gasteiger partial charge >= 0.3 is 0 Å². The van der Waals surface area contributed by atoms with E-state index in [0.29, 0.717) is 6.61 Å². The first-order valence-electron chi connectivity index (χ1n) is 7.34. The van der Waals surface area contributed by atoms with Crippen molar-refractivity contribution in [2.45, 2.75) is 25.4 Å². The highest BCUT2D eigenvalue weighted by Crippen LogP contribution is 2.29. The van der Waals surface area contributed by atoms with Gasteiger partial charge in [0.25, 0.3) is 5.91 Å². The summed E-state index contributed by atoms with van der Waals surface area (Å²) in [5, 5.41) is 5.35. The summed E-state index contributed by atoms with van der Waals surface area (Å²) in [6, 6.07) is 7.96. The molecule has 21 heavy (non-hydrogen) atoms. The van der Waals surface area contributed by atoms with Crippen LogP contribution < -0.4 is 0 Å². The summed E-state index contributed by atoms with van der Waals surface area (Å²) < 4.78 is 9.26. The van der Waals surface area contributed by atoms with Crippen molar-refractivity contribution in [2.24, 2.45) is 7.05 Å². The van der Waals surface area contributed by atoms with Crippen LogP contribution in [0.1, 0.15) is 24.1 Å². The van der Waals surface area contributed by atoms with E-state index in [4.69, 9.17) is 4.74 Å². The minimum atomic E-state index is -0.335. The first-order chi connectivity index (χ1) is 10.3. The molecule has 5 nitrogen and oxygen atoms in total. The largest absolute Gasteiger partial charge is 0.368 e. The van der Waals surface area contributed by atoms with Crippen LogP contribution in [0.15, 0.2) is 30.5 Å². The normalized spacial score (nSPS) is 19.4. The van der Waals surface area contributed by atoms with Gasteiger partial charge in [0.05, 0.1) is 22.7 Å². The molecule has 1 atom stereocenters. The molecule has 0 saturated carbocycles. The molecule has 3 aromatic rings. The van der Waals surface area contributed by atoms with E-state index in [9.17, 15) is 4.79 Å². The zero-order valence-corrected chi connectivity index (χ0v) is 12.0. The number of rotatable bonds is 1. The number of benzene rings is 1. The van der Waals surface area contributed by atoms with Gasteiger partial charge in [-0.3, -0.25) is 14.0 Å². The van der Waals surface area contributed by atoms with Crippen LogP contribution in [0.3, 0.4) is 0 Å². The summed E-state index contributed by atoms with van der Waals surface area (Å²) in [6.45, 7) is 0.672. The van der Waals surface area contributed by atoms with Crippen molar-refractivity contribution >= 4 is 27.8 Å². The van der Waals surface area contributed by atoms with Gasteiger partial charge in [-0.05, 0) is 25.3 Å². The van der Waals surface area contributed by atoms with Gasteiger partial charge in [0, 0.05) is 19.0 Å². The highest BCUT2D eigenvalue weighted by Gasteiger charge is 2.27. The number of aromatic nitrogens is 3. The second-order valence-corrected chi connectivity index (χ2v) is 5.55. The van der Waals surface area contributed by atoms with E-state index in [1.54, 1.807) is 10.8 Å². The molecule has 1 aliphatic heterocycles. The maximum atomic E-state index is 12.9. The fraction of sp³-hybridized carbons (Fsp3) is 0.375. The highest BCUT2D eigenvalue weighted by molar-refractivity contribution is 6.12. The summed E-state index contributed by atoms with van der Waals surface area (Å²) in [4.78, 5) is 12.9. The number of aryl methyl sites for hydroxylation is 1. The van der Waals surface area contributed by atoms with E-state index in [1.807, 2.05) is 36.0 Å². The average molecular weight is 283 g/mol. The number of hydrogen-bond acceptors (Lipinski definition) is 3. The van der Waals surface area contributed by atoms with Crippen molar-refractivity contribution in [3.63, 3.8) is 0 Å². The smallest absolute Gasteiger partial charge is 0.260 e. The minimum Gasteiger partial charge on any atom is -0.368 e. The summed E-state index contributed by atoms with van der Waals surface area (Å²) in [5.74, 6) is 0.0221. The van der Waals surface area contributed by atoms with Crippen LogP contribution in [-0.2, 0) is 11.8 Å². The number of hydrogen-bond donors (Lipinski definition) is 0. The van der Waals surface area contributed by atoms with Gasteiger partial charge < -0.3 is 4.74 Å². The van der Waals surface area contributed by atoms with Gasteiger partial charge in [-0.1, -0.05) is 18.2 Å². The molecule has 1 aliphatic rings. The third kappa shape index (κ3) is 1.81. The molecule has 1 unspecified atom stereocenters. The number of fused-ring (bicyclic) bond motifs is 3. The zero-order chi connectivity index (χ0) is 14.4. The van der Waals surface area contributed by atoms with E-state index in [1.165, 1.54) is 0 Å². The Morgan fingerprint density at radius 2 is 2.14 bits per heavy atom. The standard InChI is InChI=1S/C16H17N3O2/c1-18-15-11-6-2-3-7-12(11)19(13(15)10-17-18)16(20)14-8-4-5-9-21-14/h2-3,6-7,10,14H,4-5,8-9H2,1H3. The summed E-state index contributed by atoms with van der Waals surface area (Å²) in [5.41, 5.74) is 2.78. The molecular weight excluding hydrogens is 266 g/mol. The van der Waals surface area contributed by atoms with Crippen molar-refractivity contribution < 1.29 is 9.53 Å². The molecule has 0 N–H and O–H groups in total. The molecule has 0 spiro atoms. The molecule has 0 radical (unpaired) electrons. The van der Waals surface area contributed by atoms with E-state index in [2.05, 4.69) is 5.10 Å². The van der Waals surface area contributed by atoms with Crippen LogP contribution in [0.25, 0.3) is 21.9 Å². The van der Waals surface area contributed by atoms with Crippen LogP contribution in [-0.4, -0.2) is 33.0 Å². The number of ether oxygens (including phenoxy) is 1. The third-order valence-electron chi connectivity index (χ3n) is 4.24. The SMILES string of the molecule is Cn1ncc2c1c1ccccc1n2C(=O)C1CCCCO1. The van der Waals surface area contributed by atoms with Crippen molar-refractivity contribution in [3.8, 4) is 0 Å². The maximum absolute atomic E-state index is 12.9. The first-order valence-corrected chi connectivity index (χ1v) is 7.34. The quantitative estimate of drug-likeness (QED) is 0.690. The molecule has 4 rings (SSSR count). The Labute approximate surface area is 122 Å². The number of carbonyl (C=O) groups is 1. The molecule has 3 heterocycles. The molecule has 1 saturated heterocycles. The second-order valence-electron chi connectivity index (χ2n) is 5.55. The van der Waals surface area contributed by atoms with E-state index in [0.717, 1.165) is 41.2 Å². The van der Waals surface area contributed by atoms with Gasteiger partial charge in [0.2, 0.25) is 0 Å². The predicted molar refractivity (Wildman–Crippen MR) is 80.4 cm³/mol. The molecule has 2 aromatic heterocycles. The van der Waals surface area contributed by atoms with Crippen LogP contribution in [0, 0.1) is 0 Å². The van der Waals surface area contributed by atoms with Crippen LogP contribution in [0.2, 0.25) is 0 Å². The second kappa shape index (κ2) is 4.70. The van der Waals surface area contributed by atoms with Gasteiger partial charge in [-0.25, -0.2) is 0 Å². The zero-order valence-electron chi connectivity index (χ0n) is 12.0. The maximum Gasteiger partial charge on any atom is 0.260 e. The van der Waals surface area contributed by atoms with Gasteiger partial charge in [0.15, 0.2) is 0 Å². The average Bonchev–Trinajstić information content (AvgIpc) is 3.06. The molecular formula is C16H17N3O2. The fourth-order valence-corrected chi connectivity index (χ4v) is 3.22. The Kier molecular flexibility index (Phi) is 2.82. The lowest BCUT2D eigenvalue weighted by Gasteiger charge is -2.22. The van der Waals surface area contributed by atoms with Crippen LogP contribution >= 0.6 is 0 Å². The monoisotopic (exact) mass is 283 g/mol. The lowest BCUT2D eigenvalue weighted by Crippen LogP contribution is -2.32. The van der Waals surface area contributed by atoms with Crippen LogP contribution in [0.4, 0.5) is 0 Å². The Balaban J connectivity index is 1.95.